The lowest BCUT2D eigenvalue weighted by atomic mass is 9.93. The van der Waals surface area contributed by atoms with Crippen molar-refractivity contribution in [3.63, 3.8) is 0 Å². The Hall–Kier alpha value is -1.55. The summed E-state index contributed by atoms with van der Waals surface area (Å²) in [4.78, 5) is 17.2. The summed E-state index contributed by atoms with van der Waals surface area (Å²) in [5, 5.41) is 0. The first-order valence-corrected chi connectivity index (χ1v) is 9.41. The van der Waals surface area contributed by atoms with Crippen molar-refractivity contribution in [1.82, 2.24) is 4.90 Å². The number of hydrogen-bond donors (Lipinski definition) is 0. The maximum absolute atomic E-state index is 12.8. The van der Waals surface area contributed by atoms with E-state index in [4.69, 9.17) is 4.74 Å². The minimum atomic E-state index is 0.194. The fourth-order valence-corrected chi connectivity index (χ4v) is 3.97. The predicted molar refractivity (Wildman–Crippen MR) is 97.6 cm³/mol. The van der Waals surface area contributed by atoms with E-state index in [-0.39, 0.29) is 5.91 Å². The normalized spacial score (nSPS) is 21.3. The average molecular weight is 330 g/mol. The minimum absolute atomic E-state index is 0.194. The van der Waals surface area contributed by atoms with Gasteiger partial charge in [-0.1, -0.05) is 0 Å². The second-order valence-electron chi connectivity index (χ2n) is 7.14. The number of carbonyl (C=O) groups excluding carboxylic acids is 1. The monoisotopic (exact) mass is 330 g/mol. The molecule has 0 radical (unpaired) electrons. The Morgan fingerprint density at radius 1 is 1.12 bits per heavy atom. The molecule has 0 aromatic heterocycles. The van der Waals surface area contributed by atoms with E-state index in [0.29, 0.717) is 5.92 Å². The number of carbonyl (C=O) groups is 1. The summed E-state index contributed by atoms with van der Waals surface area (Å²) in [6, 6.07) is 8.23. The number of methoxy groups -OCH3 is 1. The second kappa shape index (κ2) is 8.52. The third-order valence-electron chi connectivity index (χ3n) is 5.35. The smallest absolute Gasteiger partial charge is 0.253 e. The summed E-state index contributed by atoms with van der Waals surface area (Å²) in [6.07, 6.45) is 7.16. The highest BCUT2D eigenvalue weighted by Gasteiger charge is 2.24. The molecule has 2 fully saturated rings. The Morgan fingerprint density at radius 2 is 1.88 bits per heavy atom. The van der Waals surface area contributed by atoms with Crippen LogP contribution < -0.4 is 4.90 Å². The average Bonchev–Trinajstić information content (AvgIpc) is 3.16. The summed E-state index contributed by atoms with van der Waals surface area (Å²) in [5.74, 6) is 0.820. The van der Waals surface area contributed by atoms with Gasteiger partial charge in [0.1, 0.15) is 0 Å². The molecule has 4 heteroatoms. The van der Waals surface area contributed by atoms with Crippen molar-refractivity contribution in [3.8, 4) is 0 Å². The second-order valence-corrected chi connectivity index (χ2v) is 7.14. The first-order valence-electron chi connectivity index (χ1n) is 9.41. The van der Waals surface area contributed by atoms with Gasteiger partial charge in [-0.15, -0.1) is 0 Å². The van der Waals surface area contributed by atoms with Crippen molar-refractivity contribution in [2.45, 2.75) is 38.5 Å². The number of rotatable bonds is 6. The molecule has 0 N–H and O–H groups in total. The van der Waals surface area contributed by atoms with Gasteiger partial charge in [0.05, 0.1) is 0 Å². The molecule has 2 aliphatic rings. The van der Waals surface area contributed by atoms with E-state index in [0.717, 1.165) is 57.6 Å². The number of piperidine rings is 1. The van der Waals surface area contributed by atoms with Crippen LogP contribution >= 0.6 is 0 Å². The minimum Gasteiger partial charge on any atom is -0.385 e. The molecule has 4 nitrogen and oxygen atoms in total. The topological polar surface area (TPSA) is 32.8 Å². The van der Waals surface area contributed by atoms with Crippen LogP contribution in [-0.2, 0) is 4.74 Å². The summed E-state index contributed by atoms with van der Waals surface area (Å²) < 4.78 is 5.15. The summed E-state index contributed by atoms with van der Waals surface area (Å²) in [5.41, 5.74) is 2.08. The number of benzene rings is 1. The van der Waals surface area contributed by atoms with Crippen LogP contribution in [0.4, 0.5) is 5.69 Å². The largest absolute Gasteiger partial charge is 0.385 e. The fourth-order valence-electron chi connectivity index (χ4n) is 3.97. The van der Waals surface area contributed by atoms with Crippen LogP contribution in [-0.4, -0.2) is 50.7 Å². The highest BCUT2D eigenvalue weighted by Crippen LogP contribution is 2.24. The van der Waals surface area contributed by atoms with Gasteiger partial charge in [0, 0.05) is 51.1 Å². The Bertz CT molecular complexity index is 523. The molecule has 0 bridgehead atoms. The van der Waals surface area contributed by atoms with Gasteiger partial charge in [0.25, 0.3) is 5.91 Å². The van der Waals surface area contributed by atoms with Crippen LogP contribution in [0.3, 0.4) is 0 Å². The highest BCUT2D eigenvalue weighted by molar-refractivity contribution is 5.94. The SMILES string of the molecule is COCCC[C@H]1CCCN(C(=O)c2ccc(N3CCCC3)cc2)C1. The molecule has 24 heavy (non-hydrogen) atoms. The third-order valence-corrected chi connectivity index (χ3v) is 5.35. The van der Waals surface area contributed by atoms with Gasteiger partial charge in [0.15, 0.2) is 0 Å². The molecular weight excluding hydrogens is 300 g/mol. The summed E-state index contributed by atoms with van der Waals surface area (Å²) >= 11 is 0. The van der Waals surface area contributed by atoms with E-state index in [1.807, 2.05) is 17.0 Å². The van der Waals surface area contributed by atoms with Crippen LogP contribution in [0.5, 0.6) is 0 Å². The van der Waals surface area contributed by atoms with Crippen LogP contribution in [0.25, 0.3) is 0 Å². The molecule has 2 aliphatic heterocycles. The Balaban J connectivity index is 1.56. The maximum atomic E-state index is 12.8. The molecule has 2 heterocycles. The molecule has 1 atom stereocenters. The zero-order valence-corrected chi connectivity index (χ0v) is 14.9. The lowest BCUT2D eigenvalue weighted by Crippen LogP contribution is -2.40. The van der Waals surface area contributed by atoms with E-state index in [1.165, 1.54) is 24.9 Å². The Kier molecular flexibility index (Phi) is 6.13. The number of ether oxygens (including phenoxy) is 1. The lowest BCUT2D eigenvalue weighted by Gasteiger charge is -2.33. The number of hydrogen-bond acceptors (Lipinski definition) is 3. The van der Waals surface area contributed by atoms with E-state index in [9.17, 15) is 4.79 Å². The number of amides is 1. The summed E-state index contributed by atoms with van der Waals surface area (Å²) in [7, 11) is 1.75. The van der Waals surface area contributed by atoms with Crippen molar-refractivity contribution in [2.24, 2.45) is 5.92 Å². The van der Waals surface area contributed by atoms with Gasteiger partial charge in [-0.2, -0.15) is 0 Å². The highest BCUT2D eigenvalue weighted by atomic mass is 16.5. The number of likely N-dealkylation sites (tertiary alicyclic amines) is 1. The molecule has 132 valence electrons. The quantitative estimate of drug-likeness (QED) is 0.748. The van der Waals surface area contributed by atoms with Crippen molar-refractivity contribution in [2.75, 3.05) is 44.8 Å². The maximum Gasteiger partial charge on any atom is 0.253 e. The van der Waals surface area contributed by atoms with Gasteiger partial charge in [-0.3, -0.25) is 4.79 Å². The van der Waals surface area contributed by atoms with E-state index >= 15 is 0 Å². The fraction of sp³-hybridized carbons (Fsp3) is 0.650. The van der Waals surface area contributed by atoms with Gasteiger partial charge < -0.3 is 14.5 Å². The van der Waals surface area contributed by atoms with Gasteiger partial charge in [-0.05, 0) is 68.7 Å². The van der Waals surface area contributed by atoms with Gasteiger partial charge in [0.2, 0.25) is 0 Å². The first kappa shape index (κ1) is 17.3. The zero-order valence-electron chi connectivity index (χ0n) is 14.9. The molecule has 1 aromatic carbocycles. The number of anilines is 1. The van der Waals surface area contributed by atoms with Crippen molar-refractivity contribution in [3.05, 3.63) is 29.8 Å². The van der Waals surface area contributed by atoms with Crippen molar-refractivity contribution < 1.29 is 9.53 Å². The van der Waals surface area contributed by atoms with E-state index in [2.05, 4.69) is 17.0 Å². The summed E-state index contributed by atoms with van der Waals surface area (Å²) in [6.45, 7) is 4.90. The van der Waals surface area contributed by atoms with Crippen LogP contribution in [0.1, 0.15) is 48.9 Å². The van der Waals surface area contributed by atoms with Crippen LogP contribution in [0.2, 0.25) is 0 Å². The van der Waals surface area contributed by atoms with Crippen molar-refractivity contribution in [1.29, 1.82) is 0 Å². The Morgan fingerprint density at radius 3 is 2.58 bits per heavy atom. The van der Waals surface area contributed by atoms with Crippen molar-refractivity contribution >= 4 is 11.6 Å². The molecule has 0 saturated carbocycles. The Labute approximate surface area is 145 Å². The third kappa shape index (κ3) is 4.29. The van der Waals surface area contributed by atoms with Crippen LogP contribution in [0.15, 0.2) is 24.3 Å². The number of nitrogens with zero attached hydrogens (tertiary/aromatic N) is 2. The molecule has 2 saturated heterocycles. The first-order chi connectivity index (χ1) is 11.8. The predicted octanol–water partition coefficient (Wildman–Crippen LogP) is 3.57. The zero-order chi connectivity index (χ0) is 16.8. The standard InChI is InChI=1S/C20H30N2O2/c1-24-15-5-7-17-6-4-14-22(16-17)20(23)18-8-10-19(11-9-18)21-12-2-3-13-21/h8-11,17H,2-7,12-16H2,1H3/t17-/m1/s1. The molecule has 1 aromatic rings. The van der Waals surface area contributed by atoms with E-state index < -0.39 is 0 Å². The van der Waals surface area contributed by atoms with E-state index in [1.54, 1.807) is 7.11 Å². The van der Waals surface area contributed by atoms with Gasteiger partial charge in [-0.25, -0.2) is 0 Å². The molecule has 1 amide bonds. The molecule has 0 unspecified atom stereocenters. The molecule has 0 spiro atoms. The molecular formula is C20H30N2O2. The molecule has 3 rings (SSSR count). The lowest BCUT2D eigenvalue weighted by molar-refractivity contribution is 0.0660. The van der Waals surface area contributed by atoms with Gasteiger partial charge >= 0.3 is 0 Å². The molecule has 0 aliphatic carbocycles. The van der Waals surface area contributed by atoms with Crippen LogP contribution in [0, 0.1) is 5.92 Å².